The normalized spacial score (nSPS) is 11.9. The van der Waals surface area contributed by atoms with Crippen LogP contribution in [0.2, 0.25) is 0 Å². The fraction of sp³-hybridized carbons (Fsp3) is 0. The van der Waals surface area contributed by atoms with Crippen LogP contribution in [-0.4, -0.2) is 39.9 Å². The van der Waals surface area contributed by atoms with E-state index in [0.29, 0.717) is 45.5 Å². The quantitative estimate of drug-likeness (QED) is 0.0499. The van der Waals surface area contributed by atoms with Crippen molar-refractivity contribution in [1.29, 1.82) is 0 Å². The number of nitrogens with zero attached hydrogens (tertiary/aromatic N) is 4. The zero-order valence-corrected chi connectivity index (χ0v) is 59.8. The fourth-order valence-electron chi connectivity index (χ4n) is 14.0. The molecule has 8 aromatic carbocycles. The van der Waals surface area contributed by atoms with Gasteiger partial charge in [0.2, 0.25) is 0 Å². The van der Waals surface area contributed by atoms with Gasteiger partial charge in [0.1, 0.15) is 0 Å². The van der Waals surface area contributed by atoms with Crippen LogP contribution in [0.25, 0.3) is 182 Å². The van der Waals surface area contributed by atoms with Gasteiger partial charge in [-0.3, -0.25) is 0 Å². The van der Waals surface area contributed by atoms with Crippen LogP contribution in [0.15, 0.2) is 243 Å². The summed E-state index contributed by atoms with van der Waals surface area (Å²) in [6, 6.07) is 80.0. The molecule has 0 saturated heterocycles. The van der Waals surface area contributed by atoms with Gasteiger partial charge in [0.25, 0.3) is 0 Å². The number of aromatic amines is 4. The molecule has 20 N–H and O–H groups in total. The Labute approximate surface area is 630 Å². The van der Waals surface area contributed by atoms with E-state index in [0.717, 1.165) is 179 Å². The van der Waals surface area contributed by atoms with E-state index in [4.69, 9.17) is 86.0 Å². The zero-order valence-electron chi connectivity index (χ0n) is 57.2. The fourth-order valence-corrected chi connectivity index (χ4v) is 14.0. The van der Waals surface area contributed by atoms with Gasteiger partial charge in [0.15, 0.2) is 0 Å². The van der Waals surface area contributed by atoms with Crippen LogP contribution < -0.4 is 45.9 Å². The molecule has 522 valence electrons. The molecule has 0 unspecified atom stereocenters. The minimum atomic E-state index is 0.194. The predicted octanol–water partition coefficient (Wildman–Crippen LogP) is 20.7. The van der Waals surface area contributed by atoms with Crippen molar-refractivity contribution in [2.45, 2.75) is 0 Å². The summed E-state index contributed by atoms with van der Waals surface area (Å²) in [5.74, 6) is 0. The Morgan fingerprint density at radius 3 is 0.458 bits per heavy atom. The van der Waals surface area contributed by atoms with E-state index >= 15 is 0 Å². The third-order valence-electron chi connectivity index (χ3n) is 19.1. The monoisotopic (exact) mass is 1470 g/mol. The van der Waals surface area contributed by atoms with Crippen LogP contribution in [0.4, 0.5) is 45.5 Å². The van der Waals surface area contributed by atoms with Gasteiger partial charge in [-0.25, -0.2) is 19.9 Å². The third-order valence-corrected chi connectivity index (χ3v) is 19.1. The Balaban J connectivity index is 0.000000158. The molecule has 16 bridgehead atoms. The van der Waals surface area contributed by atoms with Crippen LogP contribution in [0, 0.1) is 0 Å². The van der Waals surface area contributed by atoms with Crippen LogP contribution in [0.1, 0.15) is 45.6 Å². The van der Waals surface area contributed by atoms with Crippen molar-refractivity contribution >= 4 is 158 Å². The number of nitrogen functional groups attached to an aromatic ring is 8. The molecule has 107 heavy (non-hydrogen) atoms. The van der Waals surface area contributed by atoms with E-state index < -0.39 is 0 Å². The number of hydrogen-bond donors (Lipinski definition) is 12. The number of nitrogens with two attached hydrogens (primary N) is 8. The topological polar surface area (TPSA) is 323 Å². The molecule has 0 radical (unpaired) electrons. The van der Waals surface area contributed by atoms with Gasteiger partial charge < -0.3 is 65.8 Å². The van der Waals surface area contributed by atoms with Crippen molar-refractivity contribution < 1.29 is 13.1 Å². The summed E-state index contributed by atoms with van der Waals surface area (Å²) in [4.78, 5) is 36.3. The van der Waals surface area contributed by atoms with Crippen molar-refractivity contribution in [2.24, 2.45) is 0 Å². The maximum absolute atomic E-state index is 6.15. The van der Waals surface area contributed by atoms with Gasteiger partial charge in [-0.1, -0.05) is 97.1 Å². The van der Waals surface area contributed by atoms with Gasteiger partial charge in [-0.05, 0) is 239 Å². The first-order valence-electron chi connectivity index (χ1n) is 34.2. The van der Waals surface area contributed by atoms with Gasteiger partial charge >= 0.3 is 33.3 Å². The summed E-state index contributed by atoms with van der Waals surface area (Å²) < 4.78 is 0. The average Bonchev–Trinajstić information content (AvgIpc) is 1.62. The second-order valence-electron chi connectivity index (χ2n) is 26.0. The van der Waals surface area contributed by atoms with Crippen LogP contribution in [-0.2, 0) is 13.1 Å². The Kier molecular flexibility index (Phi) is 18.4. The van der Waals surface area contributed by atoms with E-state index in [9.17, 15) is 0 Å². The number of hydrogen-bond acceptors (Lipinski definition) is 12. The second kappa shape index (κ2) is 28.9. The first kappa shape index (κ1) is 67.9. The number of rotatable bonds is 8. The predicted molar refractivity (Wildman–Crippen MR) is 448 cm³/mol. The molecule has 18 rings (SSSR count). The third kappa shape index (κ3) is 13.8. The van der Waals surface area contributed by atoms with Crippen molar-refractivity contribution in [3.63, 3.8) is 0 Å². The average molecular weight is 1480 g/mol. The first-order valence-corrected chi connectivity index (χ1v) is 37.3. The molecule has 4 aliphatic heterocycles. The number of aromatic nitrogens is 8. The van der Waals surface area contributed by atoms with Crippen LogP contribution in [0.3, 0.4) is 0 Å². The SMILES string of the molecule is Nc1ccc(-c2c3nc(c(-c4ccc(N)cc4)c4ccc([nH]4)c(-c4ccc(N)cc4)c4ccc([nH]4)c(-c4ccc(N)cc4)c4nc2C=C4)C=C3)cc1.Nc1ccc(-c2c3nc(c(-c4ccc(N)cc4)c4ccc([nH]4)c(-c4ccc(N)cc4)c4nc(c(-c5ccc(N)cc5)c5ccc2[nH]5)C=C4)C=C3)cc1.[Cl][Fe][Cl]. The Hall–Kier alpha value is -13.5. The Morgan fingerprint density at radius 1 is 0.178 bits per heavy atom. The maximum atomic E-state index is 6.15. The van der Waals surface area contributed by atoms with Crippen molar-refractivity contribution in [2.75, 3.05) is 45.9 Å². The first-order chi connectivity index (χ1) is 52.2. The molecule has 14 aromatic rings. The molecule has 0 atom stereocenters. The van der Waals surface area contributed by atoms with E-state index in [1.807, 2.05) is 194 Å². The number of nitrogens with one attached hydrogen (secondary N) is 4. The molecule has 16 nitrogen and oxygen atoms in total. The van der Waals surface area contributed by atoms with E-state index in [2.05, 4.69) is 117 Å². The number of benzene rings is 8. The molecule has 0 amide bonds. The van der Waals surface area contributed by atoms with E-state index in [-0.39, 0.29) is 13.1 Å². The molecule has 0 saturated carbocycles. The molecule has 0 spiro atoms. The molecular formula is C88H68Cl2FeN16. The van der Waals surface area contributed by atoms with E-state index in [1.165, 1.54) is 0 Å². The number of fused-ring (bicyclic) bond motifs is 16. The summed E-state index contributed by atoms with van der Waals surface area (Å²) in [6.07, 6.45) is 16.5. The summed E-state index contributed by atoms with van der Waals surface area (Å²) in [6.45, 7) is 0. The van der Waals surface area contributed by atoms with Crippen LogP contribution >= 0.6 is 20.2 Å². The molecule has 0 aliphatic carbocycles. The summed E-state index contributed by atoms with van der Waals surface area (Å²) >= 11 is 0.194. The number of anilines is 8. The van der Waals surface area contributed by atoms with Crippen molar-refractivity contribution in [3.05, 3.63) is 288 Å². The minimum absolute atomic E-state index is 0.194. The van der Waals surface area contributed by atoms with Crippen molar-refractivity contribution in [3.8, 4) is 89.0 Å². The Bertz CT molecular complexity index is 5640. The van der Waals surface area contributed by atoms with Gasteiger partial charge in [-0.2, -0.15) is 0 Å². The van der Waals surface area contributed by atoms with Gasteiger partial charge in [0, 0.05) is 134 Å². The van der Waals surface area contributed by atoms with E-state index in [1.54, 1.807) is 0 Å². The number of H-pyrrole nitrogens is 4. The molecular weight excluding hydrogens is 1410 g/mol. The standard InChI is InChI=1S/2C44H34N8.2ClH.Fe/c2*45-29-9-1-25(2-10-29)41-33-17-19-35(49-33)42(26-3-11-30(46)12-4-26)37-21-23-39(51-37)44(28-7-15-32(48)16-8-28)40-24-22-38(52-40)43(36-20-18-34(41)50-36)27-5-13-31(47)14-6-27;;;/h1-24,49,52H,45-48H2;1-24,49-50H,45-48H2;2*1H;/q;;;;+2/p-2. The summed E-state index contributed by atoms with van der Waals surface area (Å²) in [5, 5.41) is 0. The second-order valence-corrected chi connectivity index (χ2v) is 27.9. The molecule has 4 aliphatic rings. The van der Waals surface area contributed by atoms with Gasteiger partial charge in [-0.15, -0.1) is 0 Å². The molecule has 10 heterocycles. The number of halogens is 2. The van der Waals surface area contributed by atoms with Crippen LogP contribution in [0.5, 0.6) is 0 Å². The summed E-state index contributed by atoms with van der Waals surface area (Å²) in [5.41, 5.74) is 83.9. The summed E-state index contributed by atoms with van der Waals surface area (Å²) in [7, 11) is 9.53. The molecule has 19 heteroatoms. The zero-order chi connectivity index (χ0) is 73.4. The molecule has 0 fully saturated rings. The molecule has 6 aromatic heterocycles. The Morgan fingerprint density at radius 2 is 0.299 bits per heavy atom. The van der Waals surface area contributed by atoms with Gasteiger partial charge in [0.05, 0.1) is 45.6 Å². The van der Waals surface area contributed by atoms with Crippen molar-refractivity contribution in [1.82, 2.24) is 39.9 Å².